The molecule has 0 aliphatic carbocycles. The summed E-state index contributed by atoms with van der Waals surface area (Å²) in [5.41, 5.74) is 0. The van der Waals surface area contributed by atoms with Crippen LogP contribution in [0.3, 0.4) is 0 Å². The third-order valence-electron chi connectivity index (χ3n) is 2.97. The van der Waals surface area contributed by atoms with Gasteiger partial charge in [0, 0.05) is 19.0 Å². The van der Waals surface area contributed by atoms with Crippen LogP contribution in [0.2, 0.25) is 0 Å². The van der Waals surface area contributed by atoms with E-state index in [1.807, 2.05) is 4.90 Å². The summed E-state index contributed by atoms with van der Waals surface area (Å²) in [4.78, 5) is 1.85. The fraction of sp³-hybridized carbons (Fsp3) is 0.385. The number of phenols is 1. The number of aromatic hydroxyl groups is 1. The Bertz CT molecular complexity index is 388. The maximum atomic E-state index is 9.25. The Kier molecular flexibility index (Phi) is 3.42. The molecule has 2 rings (SSSR count). The molecule has 2 N–H and O–H groups in total. The minimum absolute atomic E-state index is 0.136. The lowest BCUT2D eigenvalue weighted by atomic mass is 10.1. The van der Waals surface area contributed by atoms with E-state index in [-0.39, 0.29) is 11.6 Å². The number of hydrogen-bond donors (Lipinski definition) is 2. The van der Waals surface area contributed by atoms with Crippen molar-refractivity contribution in [2.75, 3.05) is 19.7 Å². The highest BCUT2D eigenvalue weighted by molar-refractivity contribution is 5.30. The highest BCUT2D eigenvalue weighted by Crippen LogP contribution is 2.21. The molecule has 1 aliphatic heterocycles. The summed E-state index contributed by atoms with van der Waals surface area (Å²) in [5, 5.41) is 18.4. The lowest BCUT2D eigenvalue weighted by Crippen LogP contribution is -2.21. The Morgan fingerprint density at radius 2 is 2.12 bits per heavy atom. The second-order valence-electron chi connectivity index (χ2n) is 4.32. The van der Waals surface area contributed by atoms with Gasteiger partial charge in [0.15, 0.2) is 5.88 Å². The summed E-state index contributed by atoms with van der Waals surface area (Å²) < 4.78 is 5.62. The fourth-order valence-corrected chi connectivity index (χ4v) is 1.96. The van der Waals surface area contributed by atoms with Crippen molar-refractivity contribution in [3.8, 4) is 11.5 Å². The van der Waals surface area contributed by atoms with Gasteiger partial charge >= 0.3 is 0 Å². The average molecular weight is 235 g/mol. The molecule has 4 heteroatoms. The summed E-state index contributed by atoms with van der Waals surface area (Å²) in [5.74, 6) is 1.54. The van der Waals surface area contributed by atoms with Gasteiger partial charge in [-0.2, -0.15) is 0 Å². The molecule has 0 spiro atoms. The fourth-order valence-electron chi connectivity index (χ4n) is 1.96. The van der Waals surface area contributed by atoms with Crippen molar-refractivity contribution in [3.63, 3.8) is 0 Å². The quantitative estimate of drug-likeness (QED) is 0.785. The summed E-state index contributed by atoms with van der Waals surface area (Å²) in [6.07, 6.45) is 0.998. The van der Waals surface area contributed by atoms with Crippen molar-refractivity contribution in [2.45, 2.75) is 6.42 Å². The molecule has 0 radical (unpaired) electrons. The number of hydrogen-bond acceptors (Lipinski definition) is 4. The first-order chi connectivity index (χ1) is 8.15. The summed E-state index contributed by atoms with van der Waals surface area (Å²) in [6, 6.07) is 6.69. The number of nitrogens with zero attached hydrogens (tertiary/aromatic N) is 1. The van der Waals surface area contributed by atoms with Gasteiger partial charge in [0.1, 0.15) is 11.5 Å². The molecule has 0 saturated carbocycles. The van der Waals surface area contributed by atoms with Gasteiger partial charge in [-0.3, -0.25) is 0 Å². The van der Waals surface area contributed by atoms with Crippen LogP contribution in [0.15, 0.2) is 36.7 Å². The van der Waals surface area contributed by atoms with E-state index in [1.54, 1.807) is 24.3 Å². The van der Waals surface area contributed by atoms with Crippen molar-refractivity contribution < 1.29 is 14.9 Å². The zero-order chi connectivity index (χ0) is 12.3. The SMILES string of the molecule is C=C(O)N1CCC(COc2ccc(O)cc2)C1. The molecule has 0 amide bonds. The van der Waals surface area contributed by atoms with E-state index in [1.165, 1.54) is 0 Å². The predicted molar refractivity (Wildman–Crippen MR) is 65.1 cm³/mol. The molecule has 1 aromatic carbocycles. The lowest BCUT2D eigenvalue weighted by molar-refractivity contribution is 0.210. The topological polar surface area (TPSA) is 52.9 Å². The number of rotatable bonds is 4. The normalized spacial score (nSPS) is 19.3. The van der Waals surface area contributed by atoms with Crippen LogP contribution in [0, 0.1) is 5.92 Å². The standard InChI is InChI=1S/C13H17NO3/c1-10(15)14-7-6-11(8-14)9-17-13-4-2-12(16)3-5-13/h2-5,11,15-16H,1,6-9H2. The van der Waals surface area contributed by atoms with Crippen molar-refractivity contribution in [2.24, 2.45) is 5.92 Å². The molecule has 1 unspecified atom stereocenters. The number of ether oxygens (including phenoxy) is 1. The maximum absolute atomic E-state index is 9.25. The van der Waals surface area contributed by atoms with Crippen LogP contribution in [0.4, 0.5) is 0 Å². The first kappa shape index (κ1) is 11.6. The molecule has 0 bridgehead atoms. The third kappa shape index (κ3) is 3.06. The van der Waals surface area contributed by atoms with Gasteiger partial charge in [-0.25, -0.2) is 0 Å². The molecule has 1 fully saturated rings. The Morgan fingerprint density at radius 1 is 1.41 bits per heavy atom. The van der Waals surface area contributed by atoms with Crippen LogP contribution in [0.5, 0.6) is 11.5 Å². The second-order valence-corrected chi connectivity index (χ2v) is 4.32. The molecule has 1 saturated heterocycles. The largest absolute Gasteiger partial charge is 0.508 e. The predicted octanol–water partition coefficient (Wildman–Crippen LogP) is 2.12. The van der Waals surface area contributed by atoms with Gasteiger partial charge in [-0.1, -0.05) is 0 Å². The van der Waals surface area contributed by atoms with Crippen LogP contribution < -0.4 is 4.74 Å². The van der Waals surface area contributed by atoms with Gasteiger partial charge in [0.05, 0.1) is 6.61 Å². The van der Waals surface area contributed by atoms with Crippen molar-refractivity contribution >= 4 is 0 Å². The summed E-state index contributed by atoms with van der Waals surface area (Å²) >= 11 is 0. The average Bonchev–Trinajstić information content (AvgIpc) is 2.77. The molecule has 17 heavy (non-hydrogen) atoms. The van der Waals surface area contributed by atoms with Crippen LogP contribution in [-0.4, -0.2) is 34.8 Å². The van der Waals surface area contributed by atoms with Crippen molar-refractivity contribution in [1.29, 1.82) is 0 Å². The molecule has 0 aromatic heterocycles. The second kappa shape index (κ2) is 4.99. The Hall–Kier alpha value is -1.84. The van der Waals surface area contributed by atoms with E-state index in [2.05, 4.69) is 6.58 Å². The summed E-state index contributed by atoms with van der Waals surface area (Å²) in [6.45, 7) is 5.75. The van der Waals surface area contributed by atoms with Crippen LogP contribution >= 0.6 is 0 Å². The van der Waals surface area contributed by atoms with Crippen LogP contribution in [0.1, 0.15) is 6.42 Å². The van der Waals surface area contributed by atoms with E-state index in [0.29, 0.717) is 12.5 Å². The molecular weight excluding hydrogens is 218 g/mol. The molecule has 1 aliphatic rings. The number of aliphatic hydroxyl groups is 1. The van der Waals surface area contributed by atoms with Gasteiger partial charge in [0.25, 0.3) is 0 Å². The van der Waals surface area contributed by atoms with E-state index in [0.717, 1.165) is 25.3 Å². The number of aliphatic hydroxyl groups excluding tert-OH is 1. The number of likely N-dealkylation sites (tertiary alicyclic amines) is 1. The first-order valence-electron chi connectivity index (χ1n) is 5.70. The number of phenolic OH excluding ortho intramolecular Hbond substituents is 1. The Morgan fingerprint density at radius 3 is 2.71 bits per heavy atom. The van der Waals surface area contributed by atoms with E-state index >= 15 is 0 Å². The maximum Gasteiger partial charge on any atom is 0.179 e. The van der Waals surface area contributed by atoms with Gasteiger partial charge in [-0.15, -0.1) is 0 Å². The molecule has 4 nitrogen and oxygen atoms in total. The van der Waals surface area contributed by atoms with Crippen LogP contribution in [0.25, 0.3) is 0 Å². The highest BCUT2D eigenvalue weighted by atomic mass is 16.5. The van der Waals surface area contributed by atoms with Gasteiger partial charge in [0.2, 0.25) is 0 Å². The zero-order valence-corrected chi connectivity index (χ0v) is 9.67. The molecule has 92 valence electrons. The first-order valence-corrected chi connectivity index (χ1v) is 5.70. The highest BCUT2D eigenvalue weighted by Gasteiger charge is 2.23. The molecule has 1 atom stereocenters. The molecular formula is C13H17NO3. The Balaban J connectivity index is 1.80. The van der Waals surface area contributed by atoms with Crippen molar-refractivity contribution in [1.82, 2.24) is 4.90 Å². The lowest BCUT2D eigenvalue weighted by Gasteiger charge is -2.16. The smallest absolute Gasteiger partial charge is 0.179 e. The minimum Gasteiger partial charge on any atom is -0.508 e. The molecule has 1 heterocycles. The summed E-state index contributed by atoms with van der Waals surface area (Å²) in [7, 11) is 0. The minimum atomic E-state index is 0.136. The van der Waals surface area contributed by atoms with E-state index in [9.17, 15) is 5.11 Å². The van der Waals surface area contributed by atoms with Crippen LogP contribution in [-0.2, 0) is 0 Å². The molecule has 1 aromatic rings. The van der Waals surface area contributed by atoms with Gasteiger partial charge < -0.3 is 19.8 Å². The van der Waals surface area contributed by atoms with Gasteiger partial charge in [-0.05, 0) is 37.3 Å². The third-order valence-corrected chi connectivity index (χ3v) is 2.97. The van der Waals surface area contributed by atoms with Crippen molar-refractivity contribution in [3.05, 3.63) is 36.7 Å². The van der Waals surface area contributed by atoms with E-state index < -0.39 is 0 Å². The number of benzene rings is 1. The zero-order valence-electron chi connectivity index (χ0n) is 9.67. The Labute approximate surface area is 101 Å². The monoisotopic (exact) mass is 235 g/mol. The van der Waals surface area contributed by atoms with E-state index in [4.69, 9.17) is 9.84 Å².